The van der Waals surface area contributed by atoms with E-state index in [-0.39, 0.29) is 12.5 Å². The van der Waals surface area contributed by atoms with Crippen LogP contribution in [0.25, 0.3) is 10.9 Å². The van der Waals surface area contributed by atoms with Crippen molar-refractivity contribution in [3.8, 4) is 0 Å². The number of para-hydroxylation sites is 1. The lowest BCUT2D eigenvalue weighted by molar-refractivity contribution is -0.133. The highest BCUT2D eigenvalue weighted by atomic mass is 32.2. The number of rotatable bonds is 4. The van der Waals surface area contributed by atoms with E-state index in [4.69, 9.17) is 0 Å². The number of aromatic nitrogens is 1. The lowest BCUT2D eigenvalue weighted by Gasteiger charge is -2.39. The van der Waals surface area contributed by atoms with Crippen molar-refractivity contribution in [3.05, 3.63) is 36.0 Å². The molecule has 29 heavy (non-hydrogen) atoms. The van der Waals surface area contributed by atoms with Gasteiger partial charge in [0, 0.05) is 63.6 Å². The van der Waals surface area contributed by atoms with Crippen LogP contribution in [0.1, 0.15) is 5.69 Å². The number of piperazine rings is 2. The van der Waals surface area contributed by atoms with E-state index in [0.29, 0.717) is 39.3 Å². The fourth-order valence-electron chi connectivity index (χ4n) is 4.14. The third-order valence-electron chi connectivity index (χ3n) is 6.02. The van der Waals surface area contributed by atoms with E-state index in [1.165, 1.54) is 4.31 Å². The van der Waals surface area contributed by atoms with Crippen molar-refractivity contribution in [2.24, 2.45) is 0 Å². The average molecular weight is 420 g/mol. The van der Waals surface area contributed by atoms with Gasteiger partial charge in [0.05, 0.1) is 0 Å². The standard InChI is InChI=1S/C20H29N5O3S/c1-17-15-18-5-3-4-6-19(18)25(17)16-20(26)22-9-13-24(14-10-22)29(27,28)23-11-7-21(2)8-12-23/h3-6,15H,7-14,16H2,1-2H3. The molecule has 2 aliphatic rings. The molecule has 0 bridgehead atoms. The van der Waals surface area contributed by atoms with Gasteiger partial charge < -0.3 is 14.4 Å². The second-order valence-corrected chi connectivity index (χ2v) is 9.85. The molecule has 9 heteroatoms. The number of carbonyl (C=O) groups excluding carboxylic acids is 1. The first-order valence-electron chi connectivity index (χ1n) is 10.1. The molecule has 1 aromatic heterocycles. The van der Waals surface area contributed by atoms with Gasteiger partial charge in [0.15, 0.2) is 0 Å². The van der Waals surface area contributed by atoms with Crippen LogP contribution < -0.4 is 0 Å². The summed E-state index contributed by atoms with van der Waals surface area (Å²) in [7, 11) is -1.44. The molecule has 0 aliphatic carbocycles. The molecule has 3 heterocycles. The minimum Gasteiger partial charge on any atom is -0.339 e. The van der Waals surface area contributed by atoms with Crippen LogP contribution >= 0.6 is 0 Å². The van der Waals surface area contributed by atoms with Crippen LogP contribution in [0.15, 0.2) is 30.3 Å². The summed E-state index contributed by atoms with van der Waals surface area (Å²) < 4.78 is 30.9. The van der Waals surface area contributed by atoms with Crippen LogP contribution in [0.4, 0.5) is 0 Å². The Labute approximate surface area is 172 Å². The zero-order chi connectivity index (χ0) is 20.6. The van der Waals surface area contributed by atoms with Crippen molar-refractivity contribution in [1.82, 2.24) is 23.0 Å². The van der Waals surface area contributed by atoms with Gasteiger partial charge in [-0.3, -0.25) is 4.79 Å². The molecule has 0 unspecified atom stereocenters. The normalized spacial score (nSPS) is 20.4. The first-order valence-corrected chi connectivity index (χ1v) is 11.5. The van der Waals surface area contributed by atoms with Crippen LogP contribution in [0.5, 0.6) is 0 Å². The minimum absolute atomic E-state index is 0.0334. The number of likely N-dealkylation sites (N-methyl/N-ethyl adjacent to an activating group) is 1. The third-order valence-corrected chi connectivity index (χ3v) is 8.05. The van der Waals surface area contributed by atoms with E-state index in [9.17, 15) is 13.2 Å². The summed E-state index contributed by atoms with van der Waals surface area (Å²) in [6.07, 6.45) is 0. The highest BCUT2D eigenvalue weighted by Crippen LogP contribution is 2.20. The SMILES string of the molecule is Cc1cc2ccccc2n1CC(=O)N1CCN(S(=O)(=O)N2CCN(C)CC2)CC1. The first kappa shape index (κ1) is 20.3. The average Bonchev–Trinajstić information content (AvgIpc) is 3.03. The molecule has 0 radical (unpaired) electrons. The largest absolute Gasteiger partial charge is 0.339 e. The molecule has 2 aliphatic heterocycles. The molecule has 2 fully saturated rings. The summed E-state index contributed by atoms with van der Waals surface area (Å²) in [5.41, 5.74) is 2.10. The Hall–Kier alpha value is -1.94. The summed E-state index contributed by atoms with van der Waals surface area (Å²) in [5.74, 6) is 0.0334. The Bertz CT molecular complexity index is 987. The molecule has 1 amide bonds. The number of hydrogen-bond acceptors (Lipinski definition) is 4. The summed E-state index contributed by atoms with van der Waals surface area (Å²) in [6, 6.07) is 10.1. The predicted molar refractivity (Wildman–Crippen MR) is 113 cm³/mol. The van der Waals surface area contributed by atoms with E-state index >= 15 is 0 Å². The maximum Gasteiger partial charge on any atom is 0.282 e. The van der Waals surface area contributed by atoms with Gasteiger partial charge in [0.25, 0.3) is 10.2 Å². The first-order chi connectivity index (χ1) is 13.9. The van der Waals surface area contributed by atoms with Crippen LogP contribution in [-0.4, -0.2) is 96.7 Å². The van der Waals surface area contributed by atoms with E-state index in [1.54, 1.807) is 9.21 Å². The zero-order valence-corrected chi connectivity index (χ0v) is 17.9. The molecular formula is C20H29N5O3S. The summed E-state index contributed by atoms with van der Waals surface area (Å²) in [5, 5.41) is 1.13. The van der Waals surface area contributed by atoms with Gasteiger partial charge in [-0.2, -0.15) is 17.0 Å². The van der Waals surface area contributed by atoms with Crippen molar-refractivity contribution in [2.45, 2.75) is 13.5 Å². The van der Waals surface area contributed by atoms with Gasteiger partial charge in [-0.1, -0.05) is 18.2 Å². The number of aryl methyl sites for hydroxylation is 1. The predicted octanol–water partition coefficient (Wildman–Crippen LogP) is 0.586. The van der Waals surface area contributed by atoms with Crippen LogP contribution in [0.2, 0.25) is 0 Å². The minimum atomic E-state index is -3.45. The number of nitrogens with zero attached hydrogens (tertiary/aromatic N) is 5. The lowest BCUT2D eigenvalue weighted by atomic mass is 10.2. The highest BCUT2D eigenvalue weighted by Gasteiger charge is 2.34. The van der Waals surface area contributed by atoms with E-state index in [0.717, 1.165) is 29.7 Å². The van der Waals surface area contributed by atoms with E-state index < -0.39 is 10.2 Å². The van der Waals surface area contributed by atoms with Gasteiger partial charge in [0.1, 0.15) is 6.54 Å². The van der Waals surface area contributed by atoms with Gasteiger partial charge >= 0.3 is 0 Å². The second kappa shape index (κ2) is 8.06. The van der Waals surface area contributed by atoms with Crippen LogP contribution in [0.3, 0.4) is 0 Å². The number of hydrogen-bond donors (Lipinski definition) is 0. The Morgan fingerprint density at radius 3 is 2.17 bits per heavy atom. The molecule has 0 spiro atoms. The smallest absolute Gasteiger partial charge is 0.282 e. The second-order valence-electron chi connectivity index (χ2n) is 7.92. The summed E-state index contributed by atoms with van der Waals surface area (Å²) in [4.78, 5) is 16.8. The highest BCUT2D eigenvalue weighted by molar-refractivity contribution is 7.86. The number of benzene rings is 1. The number of carbonyl (C=O) groups is 1. The quantitative estimate of drug-likeness (QED) is 0.727. The number of amides is 1. The van der Waals surface area contributed by atoms with Gasteiger partial charge in [0.2, 0.25) is 5.91 Å². The van der Waals surface area contributed by atoms with Crippen LogP contribution in [-0.2, 0) is 21.5 Å². The van der Waals surface area contributed by atoms with Gasteiger partial charge in [-0.15, -0.1) is 0 Å². The molecule has 1 aromatic carbocycles. The molecule has 158 valence electrons. The lowest BCUT2D eigenvalue weighted by Crippen LogP contribution is -2.57. The molecule has 2 aromatic rings. The molecule has 0 N–H and O–H groups in total. The number of fused-ring (bicyclic) bond motifs is 1. The van der Waals surface area contributed by atoms with Gasteiger partial charge in [-0.05, 0) is 31.5 Å². The Kier molecular flexibility index (Phi) is 5.65. The third kappa shape index (κ3) is 4.05. The monoisotopic (exact) mass is 419 g/mol. The van der Waals surface area contributed by atoms with E-state index in [1.807, 2.05) is 42.8 Å². The maximum absolute atomic E-state index is 12.9. The molecule has 8 nitrogen and oxygen atoms in total. The fraction of sp³-hybridized carbons (Fsp3) is 0.550. The van der Waals surface area contributed by atoms with Crippen molar-refractivity contribution < 1.29 is 13.2 Å². The van der Waals surface area contributed by atoms with Crippen molar-refractivity contribution in [2.75, 3.05) is 59.4 Å². The topological polar surface area (TPSA) is 69.1 Å². The van der Waals surface area contributed by atoms with Gasteiger partial charge in [-0.25, -0.2) is 0 Å². The van der Waals surface area contributed by atoms with E-state index in [2.05, 4.69) is 11.0 Å². The molecule has 0 atom stereocenters. The zero-order valence-electron chi connectivity index (χ0n) is 17.1. The van der Waals surface area contributed by atoms with Crippen molar-refractivity contribution in [3.63, 3.8) is 0 Å². The van der Waals surface area contributed by atoms with Crippen LogP contribution in [0, 0.1) is 6.92 Å². The fourth-order valence-corrected chi connectivity index (χ4v) is 5.72. The Balaban J connectivity index is 1.38. The van der Waals surface area contributed by atoms with Crippen molar-refractivity contribution >= 4 is 27.0 Å². The molecular weight excluding hydrogens is 390 g/mol. The molecule has 4 rings (SSSR count). The molecule has 0 saturated carbocycles. The Morgan fingerprint density at radius 2 is 1.52 bits per heavy atom. The molecule has 2 saturated heterocycles. The summed E-state index contributed by atoms with van der Waals surface area (Å²) >= 11 is 0. The Morgan fingerprint density at radius 1 is 0.931 bits per heavy atom. The summed E-state index contributed by atoms with van der Waals surface area (Å²) in [6.45, 7) is 6.42. The maximum atomic E-state index is 12.9. The van der Waals surface area contributed by atoms with Crippen molar-refractivity contribution in [1.29, 1.82) is 0 Å².